The van der Waals surface area contributed by atoms with Crippen LogP contribution in [0.25, 0.3) is 0 Å². The zero-order valence-corrected chi connectivity index (χ0v) is 21.3. The predicted molar refractivity (Wildman–Crippen MR) is 110 cm³/mol. The van der Waals surface area contributed by atoms with Gasteiger partial charge in [-0.15, -0.1) is 23.2 Å². The molecule has 5 atom stereocenters. The van der Waals surface area contributed by atoms with Crippen molar-refractivity contribution in [3.8, 4) is 0 Å². The Bertz CT molecular complexity index is 499. The fourth-order valence-corrected chi connectivity index (χ4v) is 6.17. The first-order valence-corrected chi connectivity index (χ1v) is 13.9. The van der Waals surface area contributed by atoms with E-state index in [1.807, 2.05) is 6.92 Å². The summed E-state index contributed by atoms with van der Waals surface area (Å²) in [6.07, 6.45) is 0.516. The Morgan fingerprint density at radius 3 is 2.27 bits per heavy atom. The second-order valence-electron chi connectivity index (χ2n) is 5.65. The average molecular weight is 586 g/mol. The molecule has 0 aromatic rings. The van der Waals surface area contributed by atoms with Gasteiger partial charge in [0.25, 0.3) is 7.82 Å². The van der Waals surface area contributed by atoms with Crippen LogP contribution in [0.3, 0.4) is 0 Å². The Labute approximate surface area is 182 Å². The topological polar surface area (TPSA) is 94.1 Å². The number of hydrogen-bond donors (Lipinski definition) is 0. The lowest BCUT2D eigenvalue weighted by atomic mass is 10.2. The van der Waals surface area contributed by atoms with E-state index in [2.05, 4.69) is 31.9 Å². The van der Waals surface area contributed by atoms with E-state index in [-0.39, 0.29) is 36.9 Å². The van der Waals surface area contributed by atoms with Gasteiger partial charge < -0.3 is 18.5 Å². The van der Waals surface area contributed by atoms with E-state index in [4.69, 9.17) is 41.3 Å². The fraction of sp³-hybridized carbons (Fsp3) is 1.00. The van der Waals surface area contributed by atoms with E-state index in [9.17, 15) is 14.0 Å². The third-order valence-electron chi connectivity index (χ3n) is 3.03. The Kier molecular flexibility index (Phi) is 14.1. The molecule has 0 aliphatic heterocycles. The quantitative estimate of drug-likeness (QED) is 0.191. The molecule has 0 heterocycles. The number of alkyl halides is 4. The Hall–Kier alpha value is 1.80. The molecule has 0 N–H and O–H groups in total. The highest BCUT2D eigenvalue weighted by atomic mass is 79.9. The van der Waals surface area contributed by atoms with Gasteiger partial charge in [0.15, 0.2) is 5.34 Å². The van der Waals surface area contributed by atoms with E-state index in [0.29, 0.717) is 11.8 Å². The zero-order valence-electron chi connectivity index (χ0n) is 14.9. The summed E-state index contributed by atoms with van der Waals surface area (Å²) in [6, 6.07) is 0. The molecule has 0 aromatic carbocycles. The van der Waals surface area contributed by atoms with Crippen molar-refractivity contribution in [3.63, 3.8) is 0 Å². The molecule has 7 nitrogen and oxygen atoms in total. The molecule has 158 valence electrons. The summed E-state index contributed by atoms with van der Waals surface area (Å²) in [6.45, 7) is 4.52. The molecule has 0 spiro atoms. The SMILES string of the molecule is CC(Cl)COP(=O)(OCCCl)C(C)(CCC(C)Br)OP(=O)([O-])OCCBr. The van der Waals surface area contributed by atoms with Crippen LogP contribution in [0.1, 0.15) is 33.6 Å². The van der Waals surface area contributed by atoms with Crippen molar-refractivity contribution in [1.82, 2.24) is 0 Å². The van der Waals surface area contributed by atoms with Crippen molar-refractivity contribution in [1.29, 1.82) is 0 Å². The highest BCUT2D eigenvalue weighted by molar-refractivity contribution is 9.09. The first-order chi connectivity index (χ1) is 11.9. The minimum atomic E-state index is -4.76. The average Bonchev–Trinajstić information content (AvgIpc) is 2.54. The molecule has 0 saturated heterocycles. The molecule has 0 rings (SSSR count). The largest absolute Gasteiger partial charge is 0.756 e. The summed E-state index contributed by atoms with van der Waals surface area (Å²) < 4.78 is 46.3. The van der Waals surface area contributed by atoms with Crippen LogP contribution in [0.15, 0.2) is 0 Å². The summed E-state index contributed by atoms with van der Waals surface area (Å²) in [5.41, 5.74) is 0. The van der Waals surface area contributed by atoms with Crippen LogP contribution in [-0.4, -0.2) is 46.6 Å². The molecule has 0 bridgehead atoms. The highest BCUT2D eigenvalue weighted by Crippen LogP contribution is 2.66. The number of halogens is 4. The van der Waals surface area contributed by atoms with E-state index in [0.717, 1.165) is 0 Å². The molecule has 0 fully saturated rings. The number of rotatable bonds is 15. The van der Waals surface area contributed by atoms with Crippen molar-refractivity contribution in [3.05, 3.63) is 0 Å². The van der Waals surface area contributed by atoms with Crippen molar-refractivity contribution in [2.75, 3.05) is 31.0 Å². The molecular formula is C13H25Br2Cl2O7P2-. The second kappa shape index (κ2) is 13.2. The minimum absolute atomic E-state index is 0.0216. The number of phosphoric ester groups is 1. The van der Waals surface area contributed by atoms with Crippen molar-refractivity contribution in [2.45, 2.75) is 49.2 Å². The summed E-state index contributed by atoms with van der Waals surface area (Å²) in [4.78, 5) is 12.2. The molecule has 26 heavy (non-hydrogen) atoms. The van der Waals surface area contributed by atoms with Crippen LogP contribution in [0.5, 0.6) is 0 Å². The summed E-state index contributed by atoms with van der Waals surface area (Å²) in [5.74, 6) is 0.0455. The normalized spacial score (nSPS) is 21.4. The fourth-order valence-electron chi connectivity index (χ4n) is 1.78. The standard InChI is InChI=1S/C13H26Br2Cl2O7P2/c1-11(15)4-5-13(3,24-26(19,20)22-8-6-14)25(18,21-9-7-16)23-10-12(2)17/h11-12H,4-10H2,1-3H3,(H,19,20)/p-1. The monoisotopic (exact) mass is 583 g/mol. The van der Waals surface area contributed by atoms with Gasteiger partial charge in [0, 0.05) is 16.0 Å². The van der Waals surface area contributed by atoms with E-state index < -0.39 is 26.1 Å². The summed E-state index contributed by atoms with van der Waals surface area (Å²) >= 11 is 17.9. The van der Waals surface area contributed by atoms with Crippen LogP contribution in [0, 0.1) is 0 Å². The van der Waals surface area contributed by atoms with Crippen LogP contribution < -0.4 is 4.89 Å². The highest BCUT2D eigenvalue weighted by Gasteiger charge is 2.51. The minimum Gasteiger partial charge on any atom is -0.756 e. The third kappa shape index (κ3) is 10.5. The van der Waals surface area contributed by atoms with Crippen molar-refractivity contribution in [2.24, 2.45) is 0 Å². The van der Waals surface area contributed by atoms with Gasteiger partial charge in [-0.1, -0.05) is 38.8 Å². The van der Waals surface area contributed by atoms with Crippen LogP contribution >= 0.6 is 70.5 Å². The molecule has 0 aliphatic rings. The Morgan fingerprint density at radius 1 is 1.19 bits per heavy atom. The Balaban J connectivity index is 5.70. The van der Waals surface area contributed by atoms with Gasteiger partial charge in [0.05, 0.1) is 25.2 Å². The molecule has 0 radical (unpaired) electrons. The number of phosphoric acid groups is 1. The maximum atomic E-state index is 13.4. The van der Waals surface area contributed by atoms with Gasteiger partial charge in [-0.3, -0.25) is 13.7 Å². The van der Waals surface area contributed by atoms with Gasteiger partial charge in [-0.25, -0.2) is 0 Å². The predicted octanol–water partition coefficient (Wildman–Crippen LogP) is 5.26. The van der Waals surface area contributed by atoms with Gasteiger partial charge >= 0.3 is 7.60 Å². The van der Waals surface area contributed by atoms with Crippen LogP contribution in [0.4, 0.5) is 0 Å². The second-order valence-corrected chi connectivity index (χ2v) is 12.9. The lowest BCUT2D eigenvalue weighted by Crippen LogP contribution is -2.34. The molecule has 13 heteroatoms. The maximum absolute atomic E-state index is 13.4. The van der Waals surface area contributed by atoms with Gasteiger partial charge in [-0.2, -0.15) is 0 Å². The van der Waals surface area contributed by atoms with Crippen LogP contribution in [0.2, 0.25) is 0 Å². The van der Waals surface area contributed by atoms with E-state index in [1.54, 1.807) is 6.92 Å². The summed E-state index contributed by atoms with van der Waals surface area (Å²) in [7, 11) is -8.83. The van der Waals surface area contributed by atoms with Gasteiger partial charge in [0.1, 0.15) is 0 Å². The molecule has 5 unspecified atom stereocenters. The first-order valence-electron chi connectivity index (χ1n) is 7.87. The van der Waals surface area contributed by atoms with Crippen LogP contribution in [-0.2, 0) is 27.2 Å². The van der Waals surface area contributed by atoms with E-state index >= 15 is 0 Å². The molecule has 0 aliphatic carbocycles. The molecule has 0 amide bonds. The molecule has 0 aromatic heterocycles. The third-order valence-corrected chi connectivity index (χ3v) is 7.85. The van der Waals surface area contributed by atoms with E-state index in [1.165, 1.54) is 6.92 Å². The van der Waals surface area contributed by atoms with Crippen molar-refractivity contribution >= 4 is 70.5 Å². The summed E-state index contributed by atoms with van der Waals surface area (Å²) in [5, 5.41) is -1.97. The lowest BCUT2D eigenvalue weighted by molar-refractivity contribution is -0.232. The lowest BCUT2D eigenvalue weighted by Gasteiger charge is -2.40. The first kappa shape index (κ1) is 27.8. The zero-order chi connectivity index (χ0) is 20.4. The van der Waals surface area contributed by atoms with Crippen molar-refractivity contribution < 1.29 is 32.1 Å². The molecular weight excluding hydrogens is 561 g/mol. The number of hydrogen-bond acceptors (Lipinski definition) is 7. The van der Waals surface area contributed by atoms with Gasteiger partial charge in [-0.05, 0) is 26.7 Å². The Morgan fingerprint density at radius 2 is 1.81 bits per heavy atom. The van der Waals surface area contributed by atoms with Gasteiger partial charge in [0.2, 0.25) is 0 Å². The maximum Gasteiger partial charge on any atom is 0.362 e. The smallest absolute Gasteiger partial charge is 0.362 e. The molecule has 0 saturated carbocycles.